The van der Waals surface area contributed by atoms with E-state index in [1.807, 2.05) is 0 Å². The number of hydrogen-bond donors (Lipinski definition) is 2. The van der Waals surface area contributed by atoms with E-state index in [9.17, 15) is 18.5 Å². The van der Waals surface area contributed by atoms with E-state index in [0.717, 1.165) is 0 Å². The summed E-state index contributed by atoms with van der Waals surface area (Å²) in [4.78, 5) is 18.6. The second kappa shape index (κ2) is 4.69. The predicted molar refractivity (Wildman–Crippen MR) is 40.8 cm³/mol. The van der Waals surface area contributed by atoms with Crippen LogP contribution in [0.15, 0.2) is 0 Å². The van der Waals surface area contributed by atoms with Crippen LogP contribution in [0.4, 0.5) is 0 Å². The van der Waals surface area contributed by atoms with Crippen LogP contribution in [0.1, 0.15) is 0 Å². The summed E-state index contributed by atoms with van der Waals surface area (Å²) in [5, 5.41) is 8.38. The largest absolute Gasteiger partial charge is 0.711 e. The molecule has 1 heterocycles. The third-order valence-corrected chi connectivity index (χ3v) is 4.45. The summed E-state index contributed by atoms with van der Waals surface area (Å²) in [5.41, 5.74) is 0. The highest BCUT2D eigenvalue weighted by Crippen LogP contribution is 2.65. The predicted octanol–water partition coefficient (Wildman–Crippen LogP) is 0.892. The lowest BCUT2D eigenvalue weighted by atomic mass is 10.7. The minimum atomic E-state index is -4.66. The van der Waals surface area contributed by atoms with Crippen molar-refractivity contribution in [3.05, 3.63) is 0 Å². The van der Waals surface area contributed by atoms with Crippen molar-refractivity contribution in [1.29, 1.82) is 0 Å². The minimum Gasteiger partial charge on any atom is -0.477 e. The molecule has 0 aliphatic carbocycles. The van der Waals surface area contributed by atoms with E-state index in [2.05, 4.69) is 17.7 Å². The monoisotopic (exact) mass is 280 g/mol. The highest BCUT2D eigenvalue weighted by molar-refractivity contribution is 7.62. The Morgan fingerprint density at radius 3 is 2.67 bits per heavy atom. The van der Waals surface area contributed by atoms with Gasteiger partial charge in [-0.05, 0) is 0 Å². The van der Waals surface area contributed by atoms with E-state index in [1.54, 1.807) is 0 Å². The first-order valence-electron chi connectivity index (χ1n) is 3.03. The van der Waals surface area contributed by atoms with Gasteiger partial charge in [0.1, 0.15) is 0 Å². The molecule has 0 amide bonds. The lowest BCUT2D eigenvalue weighted by Gasteiger charge is -2.12. The fourth-order valence-electron chi connectivity index (χ4n) is 0.545. The molecule has 0 bridgehead atoms. The third kappa shape index (κ3) is 3.64. The quantitative estimate of drug-likeness (QED) is 0.714. The Kier molecular flexibility index (Phi) is 3.99. The van der Waals surface area contributed by atoms with Gasteiger partial charge in [0.15, 0.2) is 0 Å². The van der Waals surface area contributed by atoms with Gasteiger partial charge in [-0.25, -0.2) is 13.9 Å². The number of carboxylic acids is 1. The van der Waals surface area contributed by atoms with E-state index >= 15 is 0 Å². The van der Waals surface area contributed by atoms with E-state index in [0.29, 0.717) is 0 Å². The van der Waals surface area contributed by atoms with Gasteiger partial charge in [-0.2, -0.15) is 0 Å². The molecule has 10 nitrogen and oxygen atoms in total. The molecule has 4 atom stereocenters. The molecule has 0 aromatic heterocycles. The van der Waals surface area contributed by atoms with Crippen molar-refractivity contribution in [3.8, 4) is 0 Å². The molecular weight excluding hydrogens is 277 g/mol. The van der Waals surface area contributed by atoms with Gasteiger partial charge in [0.25, 0.3) is 0 Å². The molecule has 15 heavy (non-hydrogen) atoms. The fraction of sp³-hybridized carbons (Fsp3) is 0.500. The topological polar surface area (TPSA) is 146 Å². The molecule has 1 aliphatic heterocycles. The smallest absolute Gasteiger partial charge is 0.477 e. The molecule has 0 spiro atoms. The van der Waals surface area contributed by atoms with Crippen LogP contribution in [0, 0.1) is 0 Å². The van der Waals surface area contributed by atoms with Crippen LogP contribution in [0.2, 0.25) is 0 Å². The summed E-state index contributed by atoms with van der Waals surface area (Å²) in [6.45, 7) is 0. The van der Waals surface area contributed by atoms with Crippen LogP contribution < -0.4 is 0 Å². The molecular formula is C2H3O10P3+2. The highest BCUT2D eigenvalue weighted by atomic mass is 31.3. The van der Waals surface area contributed by atoms with Gasteiger partial charge in [-0.1, -0.05) is 4.52 Å². The molecule has 1 rings (SSSR count). The summed E-state index contributed by atoms with van der Waals surface area (Å²) in [6.07, 6.45) is -2.15. The van der Waals surface area contributed by atoms with Crippen LogP contribution in [-0.4, -0.2) is 22.3 Å². The Labute approximate surface area is 83.6 Å². The van der Waals surface area contributed by atoms with E-state index in [4.69, 9.17) is 10.00 Å². The number of rotatable bonds is 3. The zero-order valence-corrected chi connectivity index (χ0v) is 9.26. The maximum absolute atomic E-state index is 11.2. The van der Waals surface area contributed by atoms with Crippen molar-refractivity contribution in [3.63, 3.8) is 0 Å². The van der Waals surface area contributed by atoms with Gasteiger partial charge < -0.3 is 5.11 Å². The van der Waals surface area contributed by atoms with E-state index < -0.39 is 36.6 Å². The van der Waals surface area contributed by atoms with Gasteiger partial charge >= 0.3 is 36.6 Å². The molecule has 4 unspecified atom stereocenters. The molecule has 2 N–H and O–H groups in total. The number of hydrogen-bond acceptors (Lipinski definition) is 8. The SMILES string of the molecule is O=C(O)C1O[P+](=O)OP(=O)(O[P+](=O)O)O1. The summed E-state index contributed by atoms with van der Waals surface area (Å²) in [5.74, 6) is -1.74. The van der Waals surface area contributed by atoms with Gasteiger partial charge in [-0.3, -0.25) is 0 Å². The van der Waals surface area contributed by atoms with Crippen molar-refractivity contribution in [2.24, 2.45) is 0 Å². The molecule has 1 aliphatic rings. The molecule has 1 fully saturated rings. The molecule has 0 aromatic rings. The Balaban J connectivity index is 2.83. The first kappa shape index (κ1) is 12.8. The minimum absolute atomic E-state index is 1.74. The van der Waals surface area contributed by atoms with Crippen LogP contribution in [0.5, 0.6) is 0 Å². The zero-order chi connectivity index (χ0) is 11.6. The van der Waals surface area contributed by atoms with E-state index in [1.165, 1.54) is 0 Å². The fourth-order valence-corrected chi connectivity index (χ4v) is 3.46. The maximum Gasteiger partial charge on any atom is 0.711 e. The second-order valence-corrected chi connectivity index (χ2v) is 5.50. The summed E-state index contributed by atoms with van der Waals surface area (Å²) >= 11 is 0. The van der Waals surface area contributed by atoms with Gasteiger partial charge in [0.2, 0.25) is 0 Å². The molecule has 13 heteroatoms. The Hall–Kier alpha value is -0.300. The first-order chi connectivity index (χ1) is 6.82. The molecule has 0 radical (unpaired) electrons. The molecule has 84 valence electrons. The highest BCUT2D eigenvalue weighted by Gasteiger charge is 2.58. The van der Waals surface area contributed by atoms with Crippen molar-refractivity contribution >= 4 is 30.3 Å². The molecule has 0 saturated carbocycles. The number of aliphatic carboxylic acids is 1. The van der Waals surface area contributed by atoms with Gasteiger partial charge in [-0.15, -0.1) is 4.89 Å². The normalized spacial score (nSPS) is 34.9. The Morgan fingerprint density at radius 1 is 1.60 bits per heavy atom. The number of carboxylic acid groups (broad SMARTS) is 1. The standard InChI is InChI=1S/C2HO10P3/c3-1(4)2-9-14(7)12-15(8,10-2)11-13(5)6/h2H/p+2. The third-order valence-electron chi connectivity index (χ3n) is 0.945. The van der Waals surface area contributed by atoms with Crippen molar-refractivity contribution < 1.29 is 46.2 Å². The van der Waals surface area contributed by atoms with Gasteiger partial charge in [0.05, 0.1) is 0 Å². The number of phosphoric acid groups is 1. The lowest BCUT2D eigenvalue weighted by Crippen LogP contribution is -2.26. The van der Waals surface area contributed by atoms with Crippen molar-refractivity contribution in [2.45, 2.75) is 6.29 Å². The summed E-state index contributed by atoms with van der Waals surface area (Å²) in [7, 11) is -11.1. The Bertz CT molecular complexity index is 354. The average Bonchev–Trinajstić information content (AvgIpc) is 1.98. The second-order valence-electron chi connectivity index (χ2n) is 1.95. The average molecular weight is 280 g/mol. The summed E-state index contributed by atoms with van der Waals surface area (Å²) in [6, 6.07) is 0. The molecule has 1 saturated heterocycles. The maximum atomic E-state index is 11.2. The van der Waals surface area contributed by atoms with E-state index in [-0.39, 0.29) is 0 Å². The first-order valence-corrected chi connectivity index (χ1v) is 6.72. The Morgan fingerprint density at radius 2 is 2.20 bits per heavy atom. The van der Waals surface area contributed by atoms with Crippen LogP contribution in [0.25, 0.3) is 0 Å². The zero-order valence-electron chi connectivity index (χ0n) is 6.58. The summed E-state index contributed by atoms with van der Waals surface area (Å²) < 4.78 is 48.0. The number of carbonyl (C=O) groups is 1. The van der Waals surface area contributed by atoms with Crippen LogP contribution in [-0.2, 0) is 36.2 Å². The lowest BCUT2D eigenvalue weighted by molar-refractivity contribution is -0.162. The van der Waals surface area contributed by atoms with Crippen molar-refractivity contribution in [2.75, 3.05) is 0 Å². The van der Waals surface area contributed by atoms with Crippen LogP contribution >= 0.6 is 24.3 Å². The molecule has 0 aromatic carbocycles. The van der Waals surface area contributed by atoms with Gasteiger partial charge in [0, 0.05) is 17.8 Å². The van der Waals surface area contributed by atoms with Crippen molar-refractivity contribution in [1.82, 2.24) is 0 Å². The van der Waals surface area contributed by atoms with Crippen LogP contribution in [0.3, 0.4) is 0 Å².